The highest BCUT2D eigenvalue weighted by Crippen LogP contribution is 2.23. The molecule has 0 radical (unpaired) electrons. The van der Waals surface area contributed by atoms with E-state index < -0.39 is 5.97 Å². The summed E-state index contributed by atoms with van der Waals surface area (Å²) in [6.45, 7) is 1.87. The van der Waals surface area contributed by atoms with Gasteiger partial charge in [-0.15, -0.1) is 0 Å². The Morgan fingerprint density at radius 1 is 1.10 bits per heavy atom. The van der Waals surface area contributed by atoms with Gasteiger partial charge in [0.15, 0.2) is 0 Å². The lowest BCUT2D eigenvalue weighted by Crippen LogP contribution is -2.04. The highest BCUT2D eigenvalue weighted by Gasteiger charge is 2.10. The van der Waals surface area contributed by atoms with Gasteiger partial charge in [-0.25, -0.2) is 9.78 Å². The number of carboxylic acid groups (broad SMARTS) is 1. The van der Waals surface area contributed by atoms with Crippen molar-refractivity contribution in [3.8, 4) is 0 Å². The second kappa shape index (κ2) is 5.25. The van der Waals surface area contributed by atoms with E-state index in [4.69, 9.17) is 0 Å². The minimum Gasteiger partial charge on any atom is -0.478 e. The van der Waals surface area contributed by atoms with E-state index in [1.54, 1.807) is 12.1 Å². The molecule has 0 saturated heterocycles. The molecule has 1 heterocycles. The Hall–Kier alpha value is -2.88. The monoisotopic (exact) mass is 278 g/mol. The van der Waals surface area contributed by atoms with Gasteiger partial charge in [0.25, 0.3) is 0 Å². The smallest absolute Gasteiger partial charge is 0.337 e. The summed E-state index contributed by atoms with van der Waals surface area (Å²) in [6.07, 6.45) is 0. The van der Waals surface area contributed by atoms with Crippen molar-refractivity contribution in [2.75, 3.05) is 5.32 Å². The molecule has 2 N–H and O–H groups in total. The van der Waals surface area contributed by atoms with E-state index >= 15 is 0 Å². The summed E-state index contributed by atoms with van der Waals surface area (Å²) in [5, 5.41) is 13.4. The predicted molar refractivity (Wildman–Crippen MR) is 83.2 cm³/mol. The van der Waals surface area contributed by atoms with Gasteiger partial charge in [0, 0.05) is 5.39 Å². The Morgan fingerprint density at radius 2 is 1.90 bits per heavy atom. The molecule has 0 atom stereocenters. The first-order chi connectivity index (χ1) is 10.1. The van der Waals surface area contributed by atoms with Gasteiger partial charge in [-0.1, -0.05) is 29.8 Å². The number of aromatic nitrogens is 1. The molecule has 0 aliphatic heterocycles. The van der Waals surface area contributed by atoms with Crippen LogP contribution in [0.3, 0.4) is 0 Å². The Bertz CT molecular complexity index is 828. The molecule has 0 saturated carbocycles. The molecule has 4 heteroatoms. The topological polar surface area (TPSA) is 62.2 Å². The molecule has 0 aliphatic carbocycles. The van der Waals surface area contributed by atoms with Crippen LogP contribution < -0.4 is 5.32 Å². The van der Waals surface area contributed by atoms with Gasteiger partial charge in [-0.05, 0) is 37.3 Å². The van der Waals surface area contributed by atoms with E-state index in [2.05, 4.69) is 10.3 Å². The van der Waals surface area contributed by atoms with E-state index in [9.17, 15) is 9.90 Å². The van der Waals surface area contributed by atoms with Gasteiger partial charge in [0.1, 0.15) is 5.82 Å². The molecule has 3 rings (SSSR count). The van der Waals surface area contributed by atoms with Crippen LogP contribution in [-0.4, -0.2) is 16.1 Å². The molecular formula is C17H14N2O2. The molecule has 3 aromatic rings. The maximum Gasteiger partial charge on any atom is 0.337 e. The molecule has 0 fully saturated rings. The van der Waals surface area contributed by atoms with Gasteiger partial charge in [0.2, 0.25) is 0 Å². The number of carboxylic acids is 1. The van der Waals surface area contributed by atoms with Crippen molar-refractivity contribution in [2.45, 2.75) is 6.92 Å². The third-order valence-electron chi connectivity index (χ3n) is 3.27. The van der Waals surface area contributed by atoms with Crippen molar-refractivity contribution in [1.82, 2.24) is 4.98 Å². The first kappa shape index (κ1) is 13.1. The van der Waals surface area contributed by atoms with Crippen LogP contribution in [0.5, 0.6) is 0 Å². The Balaban J connectivity index is 2.00. The molecule has 1 aromatic heterocycles. The summed E-state index contributed by atoms with van der Waals surface area (Å²) in [6, 6.07) is 16.9. The molecule has 0 spiro atoms. The minimum atomic E-state index is -0.956. The summed E-state index contributed by atoms with van der Waals surface area (Å²) in [7, 11) is 0. The van der Waals surface area contributed by atoms with Gasteiger partial charge in [0.05, 0.1) is 16.8 Å². The number of pyridine rings is 1. The zero-order valence-corrected chi connectivity index (χ0v) is 11.5. The molecule has 0 bridgehead atoms. The Labute approximate surface area is 122 Å². The lowest BCUT2D eigenvalue weighted by molar-refractivity contribution is 0.0698. The third kappa shape index (κ3) is 2.69. The number of fused-ring (bicyclic) bond motifs is 1. The number of benzene rings is 2. The van der Waals surface area contributed by atoms with Crippen LogP contribution in [0.25, 0.3) is 10.9 Å². The largest absolute Gasteiger partial charge is 0.478 e. The zero-order chi connectivity index (χ0) is 14.8. The minimum absolute atomic E-state index is 0.241. The number of nitrogens with one attached hydrogen (secondary N) is 1. The normalized spacial score (nSPS) is 10.5. The van der Waals surface area contributed by atoms with E-state index in [1.165, 1.54) is 0 Å². The van der Waals surface area contributed by atoms with Crippen molar-refractivity contribution >= 4 is 28.4 Å². The summed E-state index contributed by atoms with van der Waals surface area (Å²) in [5.74, 6) is -0.331. The van der Waals surface area contributed by atoms with E-state index in [0.717, 1.165) is 16.5 Å². The lowest BCUT2D eigenvalue weighted by Gasteiger charge is -2.10. The number of hydrogen-bond acceptors (Lipinski definition) is 3. The second-order valence-corrected chi connectivity index (χ2v) is 4.87. The van der Waals surface area contributed by atoms with Crippen LogP contribution in [0.2, 0.25) is 0 Å². The molecule has 2 aromatic carbocycles. The van der Waals surface area contributed by atoms with E-state index in [0.29, 0.717) is 11.5 Å². The van der Waals surface area contributed by atoms with Crippen LogP contribution >= 0.6 is 0 Å². The van der Waals surface area contributed by atoms with Gasteiger partial charge in [-0.2, -0.15) is 0 Å². The summed E-state index contributed by atoms with van der Waals surface area (Å²) < 4.78 is 0. The number of para-hydroxylation sites is 1. The highest BCUT2D eigenvalue weighted by atomic mass is 16.4. The number of carbonyl (C=O) groups is 1. The van der Waals surface area contributed by atoms with Crippen molar-refractivity contribution < 1.29 is 9.90 Å². The fourth-order valence-electron chi connectivity index (χ4n) is 2.22. The molecule has 21 heavy (non-hydrogen) atoms. The van der Waals surface area contributed by atoms with Crippen LogP contribution in [0.4, 0.5) is 11.5 Å². The van der Waals surface area contributed by atoms with Crippen LogP contribution in [-0.2, 0) is 0 Å². The lowest BCUT2D eigenvalue weighted by atomic mass is 10.1. The maximum absolute atomic E-state index is 11.3. The predicted octanol–water partition coefficient (Wildman–Crippen LogP) is 3.99. The second-order valence-electron chi connectivity index (χ2n) is 4.87. The number of aromatic carboxylic acids is 1. The molecule has 4 nitrogen and oxygen atoms in total. The van der Waals surface area contributed by atoms with Crippen LogP contribution in [0.1, 0.15) is 15.9 Å². The SMILES string of the molecule is Cc1ccc(Nc2ccc3ccccc3n2)c(C(=O)O)c1. The molecule has 0 aliphatic rings. The van der Waals surface area contributed by atoms with Crippen molar-refractivity contribution in [1.29, 1.82) is 0 Å². The first-order valence-corrected chi connectivity index (χ1v) is 6.60. The Kier molecular flexibility index (Phi) is 3.28. The average molecular weight is 278 g/mol. The number of rotatable bonds is 3. The number of anilines is 2. The number of hydrogen-bond donors (Lipinski definition) is 2. The van der Waals surface area contributed by atoms with Gasteiger partial charge < -0.3 is 10.4 Å². The van der Waals surface area contributed by atoms with Crippen LogP contribution in [0.15, 0.2) is 54.6 Å². The fourth-order valence-corrected chi connectivity index (χ4v) is 2.22. The quantitative estimate of drug-likeness (QED) is 0.760. The van der Waals surface area contributed by atoms with E-state index in [1.807, 2.05) is 49.4 Å². The summed E-state index contributed by atoms with van der Waals surface area (Å²) >= 11 is 0. The van der Waals surface area contributed by atoms with Crippen molar-refractivity contribution in [3.05, 3.63) is 65.7 Å². The Morgan fingerprint density at radius 3 is 2.71 bits per heavy atom. The number of nitrogens with zero attached hydrogens (tertiary/aromatic N) is 1. The standard InChI is InChI=1S/C17H14N2O2/c1-11-6-8-15(13(10-11)17(20)21)19-16-9-7-12-4-2-3-5-14(12)18-16/h2-10H,1H3,(H,18,19)(H,20,21). The third-order valence-corrected chi connectivity index (χ3v) is 3.27. The summed E-state index contributed by atoms with van der Waals surface area (Å²) in [4.78, 5) is 15.8. The van der Waals surface area contributed by atoms with Crippen LogP contribution in [0, 0.1) is 6.92 Å². The van der Waals surface area contributed by atoms with Gasteiger partial charge in [-0.3, -0.25) is 0 Å². The fraction of sp³-hybridized carbons (Fsp3) is 0.0588. The molecular weight excluding hydrogens is 264 g/mol. The molecule has 0 amide bonds. The average Bonchev–Trinajstić information content (AvgIpc) is 2.49. The molecule has 104 valence electrons. The molecule has 0 unspecified atom stereocenters. The van der Waals surface area contributed by atoms with Gasteiger partial charge >= 0.3 is 5.97 Å². The first-order valence-electron chi connectivity index (χ1n) is 6.60. The summed E-state index contributed by atoms with van der Waals surface area (Å²) in [5.41, 5.74) is 2.55. The number of aryl methyl sites for hydroxylation is 1. The van der Waals surface area contributed by atoms with E-state index in [-0.39, 0.29) is 5.56 Å². The maximum atomic E-state index is 11.3. The van der Waals surface area contributed by atoms with Crippen molar-refractivity contribution in [3.63, 3.8) is 0 Å². The van der Waals surface area contributed by atoms with Crippen molar-refractivity contribution in [2.24, 2.45) is 0 Å². The highest BCUT2D eigenvalue weighted by molar-refractivity contribution is 5.95. The zero-order valence-electron chi connectivity index (χ0n) is 11.5.